The largest absolute Gasteiger partial charge is 0.311 e. The average molecular weight is 380 g/mol. The Morgan fingerprint density at radius 1 is 1.36 bits per heavy atom. The second-order valence-electron chi connectivity index (χ2n) is 6.71. The lowest BCUT2D eigenvalue weighted by molar-refractivity contribution is -0.116. The standard InChI is InChI=1S/C17H18ClN3O3S/c1-10-16-14(11-3-2-4-12(18)7-11)8-15(22)19-17(16)21(20-10)13-5-6-25(23,24)9-13/h2-4,7,13-14H,5-6,8-9H2,1H3,(H,19,22)/t13-,14-/m0/s1. The summed E-state index contributed by atoms with van der Waals surface area (Å²) in [6.45, 7) is 1.90. The molecule has 0 aliphatic carbocycles. The SMILES string of the molecule is Cc1nn([C@H]2CCS(=O)(=O)C2)c2c1[C@H](c1cccc(Cl)c1)CC(=O)N2. The van der Waals surface area contributed by atoms with Gasteiger partial charge < -0.3 is 5.32 Å². The van der Waals surface area contributed by atoms with Crippen molar-refractivity contribution in [3.63, 3.8) is 0 Å². The van der Waals surface area contributed by atoms with E-state index in [0.717, 1.165) is 16.8 Å². The van der Waals surface area contributed by atoms with E-state index in [1.54, 1.807) is 10.7 Å². The Hall–Kier alpha value is -1.86. The molecule has 1 fully saturated rings. The van der Waals surface area contributed by atoms with Crippen LogP contribution in [0.3, 0.4) is 0 Å². The van der Waals surface area contributed by atoms with E-state index >= 15 is 0 Å². The molecule has 0 bridgehead atoms. The molecular formula is C17H18ClN3O3S. The third-order valence-electron chi connectivity index (χ3n) is 4.93. The van der Waals surface area contributed by atoms with Crippen molar-refractivity contribution in [1.82, 2.24) is 9.78 Å². The van der Waals surface area contributed by atoms with Gasteiger partial charge >= 0.3 is 0 Å². The van der Waals surface area contributed by atoms with Crippen LogP contribution in [0.15, 0.2) is 24.3 Å². The van der Waals surface area contributed by atoms with Crippen LogP contribution in [-0.2, 0) is 14.6 Å². The predicted octanol–water partition coefficient (Wildman–Crippen LogP) is 2.68. The number of aryl methyl sites for hydroxylation is 1. The van der Waals surface area contributed by atoms with Gasteiger partial charge in [0.1, 0.15) is 5.82 Å². The number of benzene rings is 1. The van der Waals surface area contributed by atoms with Crippen LogP contribution in [0.5, 0.6) is 0 Å². The van der Waals surface area contributed by atoms with E-state index in [9.17, 15) is 13.2 Å². The van der Waals surface area contributed by atoms with Crippen LogP contribution in [0, 0.1) is 6.92 Å². The van der Waals surface area contributed by atoms with Crippen LogP contribution in [0.25, 0.3) is 0 Å². The number of aromatic nitrogens is 2. The number of sulfone groups is 1. The molecule has 1 aromatic heterocycles. The molecule has 4 rings (SSSR count). The molecule has 8 heteroatoms. The molecule has 2 aliphatic heterocycles. The molecule has 2 aliphatic rings. The first-order chi connectivity index (χ1) is 11.8. The third kappa shape index (κ3) is 2.95. The van der Waals surface area contributed by atoms with Crippen LogP contribution in [0.2, 0.25) is 5.02 Å². The molecule has 1 N–H and O–H groups in total. The highest BCUT2D eigenvalue weighted by Gasteiger charge is 2.37. The molecule has 3 heterocycles. The van der Waals surface area contributed by atoms with E-state index in [1.165, 1.54) is 0 Å². The summed E-state index contributed by atoms with van der Waals surface area (Å²) >= 11 is 6.12. The van der Waals surface area contributed by atoms with Gasteiger partial charge in [0.15, 0.2) is 9.84 Å². The van der Waals surface area contributed by atoms with Crippen molar-refractivity contribution >= 4 is 33.2 Å². The fourth-order valence-corrected chi connectivity index (χ4v) is 5.70. The zero-order chi connectivity index (χ0) is 17.8. The van der Waals surface area contributed by atoms with Crippen molar-refractivity contribution in [3.05, 3.63) is 46.1 Å². The summed E-state index contributed by atoms with van der Waals surface area (Å²) in [6, 6.07) is 7.26. The fraction of sp³-hybridized carbons (Fsp3) is 0.412. The van der Waals surface area contributed by atoms with E-state index in [4.69, 9.17) is 11.6 Å². The molecule has 0 saturated carbocycles. The Labute approximate surface area is 151 Å². The molecule has 0 unspecified atom stereocenters. The molecule has 1 amide bonds. The Balaban J connectivity index is 1.81. The van der Waals surface area contributed by atoms with Crippen LogP contribution in [-0.4, -0.2) is 35.6 Å². The maximum atomic E-state index is 12.3. The quantitative estimate of drug-likeness (QED) is 0.869. The van der Waals surface area contributed by atoms with Gasteiger partial charge in [-0.1, -0.05) is 23.7 Å². The Morgan fingerprint density at radius 3 is 2.84 bits per heavy atom. The van der Waals surface area contributed by atoms with Gasteiger partial charge in [0.2, 0.25) is 5.91 Å². The van der Waals surface area contributed by atoms with Crippen LogP contribution in [0.1, 0.15) is 41.6 Å². The fourth-order valence-electron chi connectivity index (χ4n) is 3.81. The molecule has 25 heavy (non-hydrogen) atoms. The summed E-state index contributed by atoms with van der Waals surface area (Å²) in [6.07, 6.45) is 0.844. The molecule has 1 aromatic carbocycles. The maximum Gasteiger partial charge on any atom is 0.226 e. The maximum absolute atomic E-state index is 12.3. The minimum Gasteiger partial charge on any atom is -0.311 e. The molecule has 0 spiro atoms. The molecule has 132 valence electrons. The lowest BCUT2D eigenvalue weighted by Gasteiger charge is -2.25. The molecule has 6 nitrogen and oxygen atoms in total. The van der Waals surface area contributed by atoms with Crippen molar-refractivity contribution in [2.45, 2.75) is 31.7 Å². The number of rotatable bonds is 2. The van der Waals surface area contributed by atoms with Crippen molar-refractivity contribution in [2.24, 2.45) is 0 Å². The monoisotopic (exact) mass is 379 g/mol. The number of fused-ring (bicyclic) bond motifs is 1. The highest BCUT2D eigenvalue weighted by Crippen LogP contribution is 2.41. The van der Waals surface area contributed by atoms with Crippen molar-refractivity contribution in [1.29, 1.82) is 0 Å². The highest BCUT2D eigenvalue weighted by atomic mass is 35.5. The highest BCUT2D eigenvalue weighted by molar-refractivity contribution is 7.91. The van der Waals surface area contributed by atoms with Crippen molar-refractivity contribution in [2.75, 3.05) is 16.8 Å². The van der Waals surface area contributed by atoms with E-state index < -0.39 is 9.84 Å². The van der Waals surface area contributed by atoms with E-state index in [0.29, 0.717) is 23.7 Å². The van der Waals surface area contributed by atoms with Gasteiger partial charge in [-0.05, 0) is 31.0 Å². The van der Waals surface area contributed by atoms with E-state index in [1.807, 2.05) is 25.1 Å². The van der Waals surface area contributed by atoms with Gasteiger partial charge in [0, 0.05) is 22.9 Å². The van der Waals surface area contributed by atoms with E-state index in [2.05, 4.69) is 10.4 Å². The first-order valence-corrected chi connectivity index (χ1v) is 10.4. The number of nitrogens with zero attached hydrogens (tertiary/aromatic N) is 2. The summed E-state index contributed by atoms with van der Waals surface area (Å²) < 4.78 is 25.4. The summed E-state index contributed by atoms with van der Waals surface area (Å²) in [4.78, 5) is 12.3. The second kappa shape index (κ2) is 5.85. The van der Waals surface area contributed by atoms with Gasteiger partial charge in [0.25, 0.3) is 0 Å². The molecular weight excluding hydrogens is 362 g/mol. The number of carbonyl (C=O) groups excluding carboxylic acids is 1. The molecule has 2 atom stereocenters. The summed E-state index contributed by atoms with van der Waals surface area (Å²) in [5.74, 6) is 0.629. The number of anilines is 1. The number of nitrogens with one attached hydrogen (secondary N) is 1. The smallest absolute Gasteiger partial charge is 0.226 e. The molecule has 1 saturated heterocycles. The third-order valence-corrected chi connectivity index (χ3v) is 6.92. The van der Waals surface area contributed by atoms with Crippen LogP contribution >= 0.6 is 11.6 Å². The predicted molar refractivity (Wildman–Crippen MR) is 95.8 cm³/mol. The number of carbonyl (C=O) groups is 1. The minimum atomic E-state index is -3.04. The minimum absolute atomic E-state index is 0.0677. The summed E-state index contributed by atoms with van der Waals surface area (Å²) in [5.41, 5.74) is 2.72. The molecule has 2 aromatic rings. The van der Waals surface area contributed by atoms with E-state index in [-0.39, 0.29) is 29.4 Å². The number of halogens is 1. The van der Waals surface area contributed by atoms with Crippen LogP contribution < -0.4 is 5.32 Å². The Kier molecular flexibility index (Phi) is 3.88. The normalized spacial score (nSPS) is 24.8. The van der Waals surface area contributed by atoms with Gasteiger partial charge in [0.05, 0.1) is 23.2 Å². The zero-order valence-corrected chi connectivity index (χ0v) is 15.3. The number of hydrogen-bond acceptors (Lipinski definition) is 4. The van der Waals surface area contributed by atoms with Crippen LogP contribution in [0.4, 0.5) is 5.82 Å². The van der Waals surface area contributed by atoms with Gasteiger partial charge in [-0.3, -0.25) is 4.79 Å². The van der Waals surface area contributed by atoms with Crippen molar-refractivity contribution < 1.29 is 13.2 Å². The topological polar surface area (TPSA) is 81.1 Å². The second-order valence-corrected chi connectivity index (χ2v) is 9.37. The number of hydrogen-bond donors (Lipinski definition) is 1. The Morgan fingerprint density at radius 2 is 2.16 bits per heavy atom. The molecule has 0 radical (unpaired) electrons. The first-order valence-electron chi connectivity index (χ1n) is 8.19. The zero-order valence-electron chi connectivity index (χ0n) is 13.7. The van der Waals surface area contributed by atoms with Crippen molar-refractivity contribution in [3.8, 4) is 0 Å². The number of amides is 1. The first kappa shape index (κ1) is 16.6. The van der Waals surface area contributed by atoms with Gasteiger partial charge in [-0.2, -0.15) is 5.10 Å². The van der Waals surface area contributed by atoms with Gasteiger partial charge in [-0.25, -0.2) is 13.1 Å². The summed E-state index contributed by atoms with van der Waals surface area (Å²) in [5, 5.41) is 8.10. The van der Waals surface area contributed by atoms with Gasteiger partial charge in [-0.15, -0.1) is 0 Å². The lowest BCUT2D eigenvalue weighted by Crippen LogP contribution is -2.26. The summed E-state index contributed by atoms with van der Waals surface area (Å²) in [7, 11) is -3.04. The lowest BCUT2D eigenvalue weighted by atomic mass is 9.86. The Bertz CT molecular complexity index is 968. The average Bonchev–Trinajstić information content (AvgIpc) is 3.06.